The first-order valence-electron chi connectivity index (χ1n) is 22.8. The molecule has 0 radical (unpaired) electrons. The Balaban J connectivity index is 1.43. The van der Waals surface area contributed by atoms with E-state index in [-0.39, 0.29) is 35.3 Å². The third-order valence-electron chi connectivity index (χ3n) is 14.1. The summed E-state index contributed by atoms with van der Waals surface area (Å²) in [7, 11) is 0. The fourth-order valence-electron chi connectivity index (χ4n) is 10.7. The molecule has 3 N–H and O–H groups in total. The van der Waals surface area contributed by atoms with E-state index in [0.29, 0.717) is 5.56 Å². The molecule has 2 bridgehead atoms. The number of benzene rings is 3. The van der Waals surface area contributed by atoms with Gasteiger partial charge in [0.1, 0.15) is 35.6 Å². The number of ketones is 1. The van der Waals surface area contributed by atoms with E-state index in [1.165, 1.54) is 26.0 Å². The number of rotatable bonds is 11. The number of hydrogen-bond acceptors (Lipinski definition) is 16. The fraction of sp³-hybridized carbons (Fsp3) is 0.481. The highest BCUT2D eigenvalue weighted by Crippen LogP contribution is 2.64. The number of carbonyl (C=O) groups excluding carboxylic acids is 7. The normalized spacial score (nSPS) is 29.9. The lowest BCUT2D eigenvalue weighted by molar-refractivity contribution is -0.346. The molecule has 1 aliphatic heterocycles. The Hall–Kier alpha value is -6.43. The van der Waals surface area contributed by atoms with Crippen molar-refractivity contribution in [3.05, 3.63) is 119 Å². The number of hydrogen-bond donors (Lipinski definition) is 3. The Morgan fingerprint density at radius 2 is 1.39 bits per heavy atom. The molecule has 11 atom stereocenters. The van der Waals surface area contributed by atoms with Crippen LogP contribution in [0.15, 0.2) is 102 Å². The molecular formula is C52H59NO16. The maximum Gasteiger partial charge on any atom is 0.509 e. The summed E-state index contributed by atoms with van der Waals surface area (Å²) in [6.45, 7) is 12.6. The number of esters is 4. The van der Waals surface area contributed by atoms with Gasteiger partial charge in [0, 0.05) is 37.7 Å². The van der Waals surface area contributed by atoms with Gasteiger partial charge in [0.25, 0.3) is 5.91 Å². The highest BCUT2D eigenvalue weighted by molar-refractivity contribution is 5.96. The van der Waals surface area contributed by atoms with Crippen LogP contribution in [-0.4, -0.2) is 112 Å². The van der Waals surface area contributed by atoms with Gasteiger partial charge in [-0.25, -0.2) is 14.4 Å². The molecule has 368 valence electrons. The fourth-order valence-corrected chi connectivity index (χ4v) is 10.7. The van der Waals surface area contributed by atoms with Crippen molar-refractivity contribution >= 4 is 41.7 Å². The Kier molecular flexibility index (Phi) is 13.8. The number of aliphatic hydroxyl groups is 2. The smallest absolute Gasteiger partial charge is 0.455 e. The predicted octanol–water partition coefficient (Wildman–Crippen LogP) is 5.70. The molecule has 3 aliphatic carbocycles. The van der Waals surface area contributed by atoms with Gasteiger partial charge in [-0.05, 0) is 75.6 Å². The molecule has 0 spiro atoms. The van der Waals surface area contributed by atoms with Gasteiger partial charge in [-0.2, -0.15) is 0 Å². The lowest BCUT2D eigenvalue weighted by Crippen LogP contribution is -2.82. The molecule has 3 aromatic carbocycles. The molecule has 17 nitrogen and oxygen atoms in total. The van der Waals surface area contributed by atoms with Gasteiger partial charge >= 0.3 is 30.0 Å². The number of aliphatic hydroxyl groups excluding tert-OH is 1. The van der Waals surface area contributed by atoms with Crippen molar-refractivity contribution in [2.75, 3.05) is 6.61 Å². The van der Waals surface area contributed by atoms with Gasteiger partial charge in [-0.1, -0.05) is 80.6 Å². The zero-order chi connectivity index (χ0) is 50.4. The highest BCUT2D eigenvalue weighted by atomic mass is 16.7. The number of nitrogens with one attached hydrogen (secondary N) is 1. The van der Waals surface area contributed by atoms with Gasteiger partial charge < -0.3 is 48.7 Å². The number of amides is 1. The van der Waals surface area contributed by atoms with Crippen molar-refractivity contribution in [1.29, 1.82) is 0 Å². The second-order valence-electron chi connectivity index (χ2n) is 19.9. The summed E-state index contributed by atoms with van der Waals surface area (Å²) < 4.78 is 42.0. The Bertz CT molecular complexity index is 2520. The minimum absolute atomic E-state index is 0.0444. The van der Waals surface area contributed by atoms with Crippen molar-refractivity contribution in [3.63, 3.8) is 0 Å². The molecule has 4 aliphatic rings. The summed E-state index contributed by atoms with van der Waals surface area (Å²) >= 11 is 0. The molecule has 69 heavy (non-hydrogen) atoms. The molecule has 3 aromatic rings. The first kappa shape index (κ1) is 50.4. The van der Waals surface area contributed by atoms with Crippen LogP contribution in [0.5, 0.6) is 0 Å². The summed E-state index contributed by atoms with van der Waals surface area (Å²) in [5.74, 6) is -7.07. The quantitative estimate of drug-likeness (QED) is 0.119. The minimum atomic E-state index is -2.46. The van der Waals surface area contributed by atoms with Crippen LogP contribution in [0.25, 0.3) is 0 Å². The van der Waals surface area contributed by atoms with E-state index in [0.717, 1.165) is 13.8 Å². The van der Waals surface area contributed by atoms with Crippen LogP contribution >= 0.6 is 0 Å². The van der Waals surface area contributed by atoms with Crippen molar-refractivity contribution in [1.82, 2.24) is 5.32 Å². The molecule has 7 rings (SSSR count). The maximum atomic E-state index is 15.7. The van der Waals surface area contributed by atoms with Gasteiger partial charge in [0.15, 0.2) is 17.5 Å². The first-order valence-corrected chi connectivity index (χ1v) is 22.8. The van der Waals surface area contributed by atoms with Gasteiger partial charge in [-0.3, -0.25) is 19.2 Å². The van der Waals surface area contributed by atoms with Crippen LogP contribution in [0.3, 0.4) is 0 Å². The zero-order valence-corrected chi connectivity index (χ0v) is 40.0. The highest BCUT2D eigenvalue weighted by Gasteiger charge is 2.78. The van der Waals surface area contributed by atoms with Crippen molar-refractivity contribution in [3.8, 4) is 0 Å². The summed E-state index contributed by atoms with van der Waals surface area (Å²) in [6, 6.07) is 22.6. The van der Waals surface area contributed by atoms with Gasteiger partial charge in [-0.15, -0.1) is 0 Å². The maximum absolute atomic E-state index is 15.7. The summed E-state index contributed by atoms with van der Waals surface area (Å²) in [6.07, 6.45) is -12.1. The van der Waals surface area contributed by atoms with Gasteiger partial charge in [0.05, 0.1) is 29.6 Å². The average molecular weight is 954 g/mol. The van der Waals surface area contributed by atoms with E-state index < -0.39 is 124 Å². The van der Waals surface area contributed by atoms with Crippen LogP contribution < -0.4 is 5.32 Å². The summed E-state index contributed by atoms with van der Waals surface area (Å²) in [5.41, 5.74) is -8.56. The minimum Gasteiger partial charge on any atom is -0.455 e. The second-order valence-corrected chi connectivity index (χ2v) is 19.9. The lowest BCUT2D eigenvalue weighted by Gasteiger charge is -2.67. The van der Waals surface area contributed by atoms with Crippen molar-refractivity contribution < 1.29 is 76.9 Å². The third kappa shape index (κ3) is 9.26. The molecule has 3 fully saturated rings. The number of carbonyl (C=O) groups is 7. The zero-order valence-electron chi connectivity index (χ0n) is 40.0. The van der Waals surface area contributed by atoms with E-state index in [4.69, 9.17) is 33.2 Å². The molecule has 0 aromatic heterocycles. The van der Waals surface area contributed by atoms with Crippen LogP contribution in [0, 0.1) is 16.7 Å². The van der Waals surface area contributed by atoms with Crippen LogP contribution in [0.2, 0.25) is 0 Å². The standard InChI is InChI=1S/C52H59NO16/c1-28-34(65-46(60)40(66-47(61)69-48(4,5)6)38(31-19-13-10-14-20-31)53-44(58)32-21-15-11-16-22-32)26-52(62)43(67-45(59)33-23-17-12-18-24-33)41-50(9,35(56)25-36-51(41,27-63-36)68-30(3)55)42(57)39(64-29(2)54)37(28)49(52,7)8/h10-24,34-36,38-41,43,56,62H,25-27H2,1-9H3,(H,53,58)/t34-,35-,36+,38-,39+,40+,41-,43-,50+,51-,52+/m0/s1. The van der Waals surface area contributed by atoms with Crippen molar-refractivity contribution in [2.24, 2.45) is 16.7 Å². The molecular weight excluding hydrogens is 895 g/mol. The molecule has 17 heteroatoms. The van der Waals surface area contributed by atoms with E-state index in [9.17, 15) is 34.2 Å². The van der Waals surface area contributed by atoms with Gasteiger partial charge in [0.2, 0.25) is 6.10 Å². The first-order chi connectivity index (χ1) is 32.4. The SMILES string of the molecule is CC(=O)O[C@H]1C(=O)[C@@]2(C)[C@H]([C@H](OC(=O)c3ccccc3)[C@]3(O)C[C@H](OC(=O)[C@H](OC(=O)OC(C)(C)C)[C@@H](NC(=O)c4ccccc4)c4ccccc4)C(C)=C1C3(C)C)[C@]1(OC(C)=O)CO[C@@H]1C[C@@H]2O. The number of ether oxygens (including phenoxy) is 7. The Morgan fingerprint density at radius 3 is 1.93 bits per heavy atom. The lowest BCUT2D eigenvalue weighted by atomic mass is 9.44. The third-order valence-corrected chi connectivity index (χ3v) is 14.1. The Morgan fingerprint density at radius 1 is 0.812 bits per heavy atom. The topological polar surface area (TPSA) is 237 Å². The van der Waals surface area contributed by atoms with E-state index >= 15 is 9.59 Å². The van der Waals surface area contributed by atoms with E-state index in [1.807, 2.05) is 0 Å². The van der Waals surface area contributed by atoms with E-state index in [2.05, 4.69) is 5.32 Å². The Labute approximate surface area is 399 Å². The summed E-state index contributed by atoms with van der Waals surface area (Å²) in [4.78, 5) is 99.0. The van der Waals surface area contributed by atoms with Crippen LogP contribution in [0.1, 0.15) is 107 Å². The molecule has 0 unspecified atom stereocenters. The van der Waals surface area contributed by atoms with Crippen LogP contribution in [0.4, 0.5) is 4.79 Å². The molecule has 2 saturated carbocycles. The van der Waals surface area contributed by atoms with Crippen molar-refractivity contribution in [2.45, 2.75) is 135 Å². The molecule has 1 heterocycles. The molecule has 1 saturated heterocycles. The summed E-state index contributed by atoms with van der Waals surface area (Å²) in [5, 5.41) is 28.9. The predicted molar refractivity (Wildman–Crippen MR) is 243 cm³/mol. The largest absolute Gasteiger partial charge is 0.509 e. The van der Waals surface area contributed by atoms with E-state index in [1.54, 1.807) is 113 Å². The number of fused-ring (bicyclic) bond motifs is 5. The second kappa shape index (κ2) is 18.8. The number of Topliss-reactive ketones (excluding diaryl/α,β-unsaturated/α-hetero) is 1. The average Bonchev–Trinajstić information content (AvgIpc) is 3.28. The molecule has 1 amide bonds. The van der Waals surface area contributed by atoms with Crippen LogP contribution in [-0.2, 0) is 52.3 Å². The monoisotopic (exact) mass is 953 g/mol.